The summed E-state index contributed by atoms with van der Waals surface area (Å²) in [6.07, 6.45) is 1.65. The summed E-state index contributed by atoms with van der Waals surface area (Å²) in [5.74, 6) is -1.28. The van der Waals surface area contributed by atoms with E-state index in [-0.39, 0.29) is 5.52 Å². The molecule has 0 aliphatic rings. The summed E-state index contributed by atoms with van der Waals surface area (Å²) in [5, 5.41) is 0.585. The zero-order chi connectivity index (χ0) is 17.6. The van der Waals surface area contributed by atoms with Crippen LogP contribution < -0.4 is 0 Å². The molecule has 0 aliphatic heterocycles. The van der Waals surface area contributed by atoms with Crippen LogP contribution >= 0.6 is 11.3 Å². The van der Waals surface area contributed by atoms with E-state index in [2.05, 4.69) is 15.0 Å². The second-order valence-corrected chi connectivity index (χ2v) is 6.76. The third-order valence-electron chi connectivity index (χ3n) is 3.78. The highest BCUT2D eigenvalue weighted by molar-refractivity contribution is 7.21. The van der Waals surface area contributed by atoms with Crippen LogP contribution in [0.25, 0.3) is 31.8 Å². The van der Waals surface area contributed by atoms with Gasteiger partial charge >= 0.3 is 0 Å². The summed E-state index contributed by atoms with van der Waals surface area (Å²) in [6, 6.07) is 5.99. The lowest BCUT2D eigenvalue weighted by Gasteiger charge is -2.06. The minimum Gasteiger partial charge on any atom is -0.378 e. The third-order valence-corrected chi connectivity index (χ3v) is 4.81. The van der Waals surface area contributed by atoms with Gasteiger partial charge in [0, 0.05) is 18.7 Å². The van der Waals surface area contributed by atoms with Gasteiger partial charge in [-0.15, -0.1) is 11.3 Å². The minimum absolute atomic E-state index is 0.167. The molecule has 4 rings (SSSR count). The number of benzene rings is 2. The average molecular weight is 357 g/mol. The number of nitrogens with zero attached hydrogens (tertiary/aromatic N) is 3. The van der Waals surface area contributed by atoms with E-state index in [0.29, 0.717) is 21.8 Å². The zero-order valence-corrected chi connectivity index (χ0v) is 14.3. The van der Waals surface area contributed by atoms with Crippen molar-refractivity contribution < 1.29 is 13.5 Å². The van der Waals surface area contributed by atoms with Crippen LogP contribution in [0.4, 0.5) is 8.78 Å². The SMILES string of the molecule is COCc1cnc2c(-c3nc4c(F)cc(F)cc4s3)cc(C)cc2n1. The molecule has 2 heterocycles. The molecule has 0 amide bonds. The Kier molecular flexibility index (Phi) is 3.89. The summed E-state index contributed by atoms with van der Waals surface area (Å²) in [7, 11) is 1.60. The van der Waals surface area contributed by atoms with Crippen LogP contribution in [0, 0.1) is 18.6 Å². The average Bonchev–Trinajstić information content (AvgIpc) is 2.98. The zero-order valence-electron chi connectivity index (χ0n) is 13.5. The summed E-state index contributed by atoms with van der Waals surface area (Å²) >= 11 is 1.23. The molecule has 0 saturated carbocycles. The van der Waals surface area contributed by atoms with Crippen LogP contribution in [0.1, 0.15) is 11.3 Å². The molecule has 0 fully saturated rings. The monoisotopic (exact) mass is 357 g/mol. The van der Waals surface area contributed by atoms with Gasteiger partial charge in [0.25, 0.3) is 0 Å². The Morgan fingerprint density at radius 1 is 1.08 bits per heavy atom. The van der Waals surface area contributed by atoms with Crippen LogP contribution in [0.3, 0.4) is 0 Å². The number of hydrogen-bond donors (Lipinski definition) is 0. The van der Waals surface area contributed by atoms with E-state index < -0.39 is 11.6 Å². The third kappa shape index (κ3) is 2.85. The molecule has 0 N–H and O–H groups in total. The molecule has 4 nitrogen and oxygen atoms in total. The number of aryl methyl sites for hydroxylation is 1. The number of halogens is 2. The van der Waals surface area contributed by atoms with Gasteiger partial charge in [-0.1, -0.05) is 0 Å². The van der Waals surface area contributed by atoms with E-state index >= 15 is 0 Å². The Morgan fingerprint density at radius 2 is 1.92 bits per heavy atom. The fourth-order valence-corrected chi connectivity index (χ4v) is 3.78. The van der Waals surface area contributed by atoms with Crippen molar-refractivity contribution in [3.63, 3.8) is 0 Å². The van der Waals surface area contributed by atoms with Crippen molar-refractivity contribution in [3.8, 4) is 10.6 Å². The van der Waals surface area contributed by atoms with E-state index in [9.17, 15) is 8.78 Å². The number of thiazole rings is 1. The molecule has 25 heavy (non-hydrogen) atoms. The maximum absolute atomic E-state index is 14.0. The van der Waals surface area contributed by atoms with Crippen LogP contribution in [-0.2, 0) is 11.3 Å². The number of methoxy groups -OCH3 is 1. The summed E-state index contributed by atoms with van der Waals surface area (Å²) < 4.78 is 33.0. The first-order chi connectivity index (χ1) is 12.0. The van der Waals surface area contributed by atoms with Crippen LogP contribution in [0.15, 0.2) is 30.5 Å². The number of rotatable bonds is 3. The Labute approximate surface area is 146 Å². The van der Waals surface area contributed by atoms with Gasteiger partial charge in [0.15, 0.2) is 5.82 Å². The van der Waals surface area contributed by atoms with Crippen molar-refractivity contribution in [1.29, 1.82) is 0 Å². The molecule has 0 atom stereocenters. The lowest BCUT2D eigenvalue weighted by molar-refractivity contribution is 0.181. The van der Waals surface area contributed by atoms with Crippen LogP contribution in [-0.4, -0.2) is 22.1 Å². The quantitative estimate of drug-likeness (QED) is 0.536. The maximum Gasteiger partial charge on any atom is 0.153 e. The molecule has 0 saturated heterocycles. The van der Waals surface area contributed by atoms with Gasteiger partial charge in [-0.25, -0.2) is 18.7 Å². The van der Waals surface area contributed by atoms with Gasteiger partial charge in [0.05, 0.1) is 34.2 Å². The second-order valence-electron chi connectivity index (χ2n) is 5.73. The maximum atomic E-state index is 14.0. The number of ether oxygens (including phenoxy) is 1. The van der Waals surface area contributed by atoms with Crippen LogP contribution in [0.2, 0.25) is 0 Å². The van der Waals surface area contributed by atoms with Crippen LogP contribution in [0.5, 0.6) is 0 Å². The predicted molar refractivity (Wildman–Crippen MR) is 93.5 cm³/mol. The Morgan fingerprint density at radius 3 is 2.72 bits per heavy atom. The summed E-state index contributed by atoms with van der Waals surface area (Å²) in [6.45, 7) is 2.32. The molecule has 0 aliphatic carbocycles. The second kappa shape index (κ2) is 6.09. The van der Waals surface area contributed by atoms with Crippen molar-refractivity contribution in [2.75, 3.05) is 7.11 Å². The minimum atomic E-state index is -0.664. The number of aromatic nitrogens is 3. The Hall–Kier alpha value is -2.51. The normalized spacial score (nSPS) is 11.5. The Bertz CT molecular complexity index is 1110. The topological polar surface area (TPSA) is 47.9 Å². The molecule has 126 valence electrons. The summed E-state index contributed by atoms with van der Waals surface area (Å²) in [4.78, 5) is 13.4. The van der Waals surface area contributed by atoms with E-state index in [1.54, 1.807) is 13.3 Å². The number of fused-ring (bicyclic) bond motifs is 2. The van der Waals surface area contributed by atoms with Gasteiger partial charge in [-0.2, -0.15) is 0 Å². The Balaban J connectivity index is 1.95. The smallest absolute Gasteiger partial charge is 0.153 e. The molecular formula is C18H13F2N3OS. The highest BCUT2D eigenvalue weighted by atomic mass is 32.1. The molecule has 2 aromatic carbocycles. The van der Waals surface area contributed by atoms with E-state index in [1.165, 1.54) is 17.4 Å². The highest BCUT2D eigenvalue weighted by Gasteiger charge is 2.15. The fourth-order valence-electron chi connectivity index (χ4n) is 2.76. The van der Waals surface area contributed by atoms with E-state index in [4.69, 9.17) is 4.74 Å². The first-order valence-corrected chi connectivity index (χ1v) is 8.38. The lowest BCUT2D eigenvalue weighted by atomic mass is 10.1. The van der Waals surface area contributed by atoms with Gasteiger partial charge < -0.3 is 4.74 Å². The van der Waals surface area contributed by atoms with Crippen molar-refractivity contribution in [1.82, 2.24) is 15.0 Å². The van der Waals surface area contributed by atoms with Crippen molar-refractivity contribution >= 4 is 32.6 Å². The molecule has 4 aromatic rings. The molecule has 0 bridgehead atoms. The van der Waals surface area contributed by atoms with Gasteiger partial charge in [0.1, 0.15) is 16.3 Å². The largest absolute Gasteiger partial charge is 0.378 e. The lowest BCUT2D eigenvalue weighted by Crippen LogP contribution is -1.96. The highest BCUT2D eigenvalue weighted by Crippen LogP contribution is 2.35. The fraction of sp³-hybridized carbons (Fsp3) is 0.167. The predicted octanol–water partition coefficient (Wildman–Crippen LogP) is 4.64. The molecule has 0 spiro atoms. The summed E-state index contributed by atoms with van der Waals surface area (Å²) in [5.41, 5.74) is 4.02. The van der Waals surface area contributed by atoms with Gasteiger partial charge in [-0.05, 0) is 30.7 Å². The first-order valence-electron chi connectivity index (χ1n) is 7.56. The van der Waals surface area contributed by atoms with E-state index in [1.807, 2.05) is 19.1 Å². The van der Waals surface area contributed by atoms with Gasteiger partial charge in [0.2, 0.25) is 0 Å². The molecule has 0 unspecified atom stereocenters. The van der Waals surface area contributed by atoms with Crippen molar-refractivity contribution in [2.24, 2.45) is 0 Å². The number of hydrogen-bond acceptors (Lipinski definition) is 5. The molecule has 0 radical (unpaired) electrons. The first kappa shape index (κ1) is 16.0. The van der Waals surface area contributed by atoms with Crippen molar-refractivity contribution in [2.45, 2.75) is 13.5 Å². The van der Waals surface area contributed by atoms with E-state index in [0.717, 1.165) is 28.4 Å². The molecule has 2 aromatic heterocycles. The molecule has 7 heteroatoms. The van der Waals surface area contributed by atoms with Gasteiger partial charge in [-0.3, -0.25) is 4.98 Å². The molecular weight excluding hydrogens is 344 g/mol. The standard InChI is InChI=1S/C18H13F2N3OS/c1-9-3-12(16-14(4-9)22-11(7-21-16)8-24-2)18-23-17-13(20)5-10(19)6-15(17)25-18/h3-7H,8H2,1-2H3. The van der Waals surface area contributed by atoms with Crippen molar-refractivity contribution in [3.05, 3.63) is 53.4 Å².